The predicted octanol–water partition coefficient (Wildman–Crippen LogP) is 2.97. The molecule has 0 bridgehead atoms. The van der Waals surface area contributed by atoms with Gasteiger partial charge in [-0.25, -0.2) is 12.4 Å². The van der Waals surface area contributed by atoms with Crippen molar-refractivity contribution in [1.82, 2.24) is 3.97 Å². The molecule has 4 nitrogen and oxygen atoms in total. The van der Waals surface area contributed by atoms with Gasteiger partial charge >= 0.3 is 0 Å². The highest BCUT2D eigenvalue weighted by Crippen LogP contribution is 2.39. The monoisotopic (exact) mass is 303 g/mol. The lowest BCUT2D eigenvalue weighted by Gasteiger charge is -2.10. The Morgan fingerprint density at radius 2 is 1.62 bits per heavy atom. The van der Waals surface area contributed by atoms with E-state index in [1.165, 1.54) is 6.20 Å². The second kappa shape index (κ2) is 4.56. The van der Waals surface area contributed by atoms with E-state index < -0.39 is 10.0 Å². The molecule has 0 amide bonds. The zero-order valence-electron chi connectivity index (χ0n) is 12.2. The first-order chi connectivity index (χ1) is 9.84. The summed E-state index contributed by atoms with van der Waals surface area (Å²) in [6.45, 7) is 5.70. The maximum absolute atomic E-state index is 12.7. The van der Waals surface area contributed by atoms with Crippen LogP contribution in [-0.2, 0) is 10.0 Å². The first-order valence-corrected chi connectivity index (χ1v) is 8.35. The standard InChI is InChI=1S/C16H17NO3S/c1-10-4-6-13(7-5-10)21(19,20)17-9-8-14-11(2)12(3)16(18)15(14)17/h4-9,11-12H,1-3H3/t11-,12-/m1/s1. The van der Waals surface area contributed by atoms with Gasteiger partial charge in [-0.1, -0.05) is 31.5 Å². The van der Waals surface area contributed by atoms with Crippen molar-refractivity contribution in [2.75, 3.05) is 0 Å². The number of aryl methyl sites for hydroxylation is 1. The number of rotatable bonds is 2. The Kier molecular flexibility index (Phi) is 3.06. The molecule has 0 fully saturated rings. The van der Waals surface area contributed by atoms with Gasteiger partial charge in [0.1, 0.15) is 5.69 Å². The van der Waals surface area contributed by atoms with E-state index >= 15 is 0 Å². The summed E-state index contributed by atoms with van der Waals surface area (Å²) in [4.78, 5) is 12.5. The van der Waals surface area contributed by atoms with Crippen LogP contribution in [0.1, 0.15) is 41.4 Å². The minimum atomic E-state index is -3.72. The van der Waals surface area contributed by atoms with Gasteiger partial charge in [-0.05, 0) is 36.6 Å². The third kappa shape index (κ3) is 1.95. The molecule has 2 atom stereocenters. The molecular weight excluding hydrogens is 286 g/mol. The summed E-state index contributed by atoms with van der Waals surface area (Å²) in [6, 6.07) is 8.40. The second-order valence-corrected chi connectivity index (χ2v) is 7.49. The molecule has 5 heteroatoms. The van der Waals surface area contributed by atoms with Crippen molar-refractivity contribution < 1.29 is 13.2 Å². The van der Waals surface area contributed by atoms with Gasteiger partial charge in [0, 0.05) is 12.1 Å². The Morgan fingerprint density at radius 3 is 2.24 bits per heavy atom. The average Bonchev–Trinajstić information content (AvgIpc) is 2.97. The minimum Gasteiger partial charge on any atom is -0.292 e. The largest absolute Gasteiger partial charge is 0.292 e. The SMILES string of the molecule is Cc1ccc(S(=O)(=O)n2ccc3c2C(=O)[C@H](C)[C@H]3C)cc1. The summed E-state index contributed by atoms with van der Waals surface area (Å²) in [5.41, 5.74) is 2.13. The number of ketones is 1. The average molecular weight is 303 g/mol. The molecule has 0 radical (unpaired) electrons. The molecule has 0 saturated heterocycles. The van der Waals surface area contributed by atoms with Crippen molar-refractivity contribution in [3.05, 3.63) is 53.3 Å². The van der Waals surface area contributed by atoms with Gasteiger partial charge in [-0.3, -0.25) is 4.79 Å². The van der Waals surface area contributed by atoms with Crippen molar-refractivity contribution in [2.24, 2.45) is 5.92 Å². The zero-order chi connectivity index (χ0) is 15.4. The molecule has 1 aromatic carbocycles. The van der Waals surface area contributed by atoms with E-state index in [-0.39, 0.29) is 22.5 Å². The van der Waals surface area contributed by atoms with Crippen LogP contribution in [-0.4, -0.2) is 18.2 Å². The molecule has 1 heterocycles. The summed E-state index contributed by atoms with van der Waals surface area (Å²) in [7, 11) is -3.72. The molecule has 1 aliphatic carbocycles. The van der Waals surface area contributed by atoms with Crippen molar-refractivity contribution in [1.29, 1.82) is 0 Å². The number of aromatic nitrogens is 1. The molecule has 21 heavy (non-hydrogen) atoms. The van der Waals surface area contributed by atoms with E-state index in [2.05, 4.69) is 0 Å². The number of benzene rings is 1. The molecule has 0 unspecified atom stereocenters. The van der Waals surface area contributed by atoms with Crippen LogP contribution < -0.4 is 0 Å². The highest BCUT2D eigenvalue weighted by molar-refractivity contribution is 7.90. The predicted molar refractivity (Wildman–Crippen MR) is 80.1 cm³/mol. The van der Waals surface area contributed by atoms with Crippen LogP contribution in [0.15, 0.2) is 41.4 Å². The fraction of sp³-hybridized carbons (Fsp3) is 0.312. The zero-order valence-corrected chi connectivity index (χ0v) is 13.0. The van der Waals surface area contributed by atoms with Gasteiger partial charge in [0.25, 0.3) is 10.0 Å². The Hall–Kier alpha value is -1.88. The number of hydrogen-bond donors (Lipinski definition) is 0. The molecule has 1 aliphatic rings. The van der Waals surface area contributed by atoms with Gasteiger partial charge in [0.05, 0.1) is 4.90 Å². The highest BCUT2D eigenvalue weighted by atomic mass is 32.2. The van der Waals surface area contributed by atoms with E-state index in [9.17, 15) is 13.2 Å². The molecule has 2 aromatic rings. The topological polar surface area (TPSA) is 56.1 Å². The highest BCUT2D eigenvalue weighted by Gasteiger charge is 2.39. The van der Waals surface area contributed by atoms with Crippen molar-refractivity contribution in [3.63, 3.8) is 0 Å². The fourth-order valence-electron chi connectivity index (χ4n) is 2.78. The smallest absolute Gasteiger partial charge is 0.268 e. The summed E-state index contributed by atoms with van der Waals surface area (Å²) < 4.78 is 26.6. The van der Waals surface area contributed by atoms with Gasteiger partial charge in [0.15, 0.2) is 5.78 Å². The number of carbonyl (C=O) groups is 1. The Labute approximate surface area is 124 Å². The van der Waals surface area contributed by atoms with Crippen LogP contribution in [0.25, 0.3) is 0 Å². The second-order valence-electron chi connectivity index (χ2n) is 5.68. The maximum Gasteiger partial charge on any atom is 0.268 e. The number of fused-ring (bicyclic) bond motifs is 1. The number of hydrogen-bond acceptors (Lipinski definition) is 3. The molecule has 0 spiro atoms. The van der Waals surface area contributed by atoms with E-state index in [4.69, 9.17) is 0 Å². The molecule has 3 rings (SSSR count). The number of carbonyl (C=O) groups excluding carboxylic acids is 1. The van der Waals surface area contributed by atoms with Crippen molar-refractivity contribution in [3.8, 4) is 0 Å². The summed E-state index contributed by atoms with van der Waals surface area (Å²) in [5.74, 6) is -0.212. The van der Waals surface area contributed by atoms with Crippen LogP contribution in [0.3, 0.4) is 0 Å². The summed E-state index contributed by atoms with van der Waals surface area (Å²) in [5, 5.41) is 0. The number of nitrogens with zero attached hydrogens (tertiary/aromatic N) is 1. The van der Waals surface area contributed by atoms with E-state index in [1.54, 1.807) is 30.3 Å². The van der Waals surface area contributed by atoms with Gasteiger partial charge in [-0.15, -0.1) is 0 Å². The Morgan fingerprint density at radius 1 is 1.00 bits per heavy atom. The van der Waals surface area contributed by atoms with Crippen molar-refractivity contribution >= 4 is 15.8 Å². The van der Waals surface area contributed by atoms with Crippen LogP contribution in [0.5, 0.6) is 0 Å². The lowest BCUT2D eigenvalue weighted by molar-refractivity contribution is 0.0931. The quantitative estimate of drug-likeness (QED) is 0.857. The van der Waals surface area contributed by atoms with Gasteiger partial charge < -0.3 is 0 Å². The van der Waals surface area contributed by atoms with E-state index in [1.807, 2.05) is 20.8 Å². The van der Waals surface area contributed by atoms with E-state index in [0.717, 1.165) is 15.1 Å². The molecule has 110 valence electrons. The first kappa shape index (κ1) is 14.1. The fourth-order valence-corrected chi connectivity index (χ4v) is 4.15. The van der Waals surface area contributed by atoms with Gasteiger partial charge in [-0.2, -0.15) is 0 Å². The molecule has 0 saturated carbocycles. The first-order valence-electron chi connectivity index (χ1n) is 6.91. The molecule has 1 aromatic heterocycles. The normalized spacial score (nSPS) is 21.6. The van der Waals surface area contributed by atoms with Gasteiger partial charge in [0.2, 0.25) is 0 Å². The maximum atomic E-state index is 12.7. The van der Waals surface area contributed by atoms with Crippen LogP contribution in [0, 0.1) is 12.8 Å². The van der Waals surface area contributed by atoms with Crippen molar-refractivity contribution in [2.45, 2.75) is 31.6 Å². The van der Waals surface area contributed by atoms with Crippen LogP contribution in [0.4, 0.5) is 0 Å². The third-order valence-electron chi connectivity index (χ3n) is 4.35. The number of Topliss-reactive ketones (excluding diaryl/α,β-unsaturated/α-hetero) is 1. The minimum absolute atomic E-state index is 0.0574. The molecular formula is C16H17NO3S. The molecule has 0 N–H and O–H groups in total. The molecule has 0 aliphatic heterocycles. The van der Waals surface area contributed by atoms with Crippen LogP contribution >= 0.6 is 0 Å². The Bertz CT molecular complexity index is 816. The lowest BCUT2D eigenvalue weighted by atomic mass is 9.97. The van der Waals surface area contributed by atoms with E-state index in [0.29, 0.717) is 5.69 Å². The summed E-state index contributed by atoms with van der Waals surface area (Å²) in [6.07, 6.45) is 1.49. The summed E-state index contributed by atoms with van der Waals surface area (Å²) >= 11 is 0. The lowest BCUT2D eigenvalue weighted by Crippen LogP contribution is -2.18. The Balaban J connectivity index is 2.17. The van der Waals surface area contributed by atoms with Crippen LogP contribution in [0.2, 0.25) is 0 Å². The third-order valence-corrected chi connectivity index (χ3v) is 6.04.